The van der Waals surface area contributed by atoms with Crippen LogP contribution >= 0.6 is 0 Å². The maximum Gasteiger partial charge on any atom is 0.191 e. The van der Waals surface area contributed by atoms with E-state index in [-0.39, 0.29) is 11.2 Å². The summed E-state index contributed by atoms with van der Waals surface area (Å²) in [6.45, 7) is 3.14. The molecule has 1 unspecified atom stereocenters. The fourth-order valence-corrected chi connectivity index (χ4v) is 4.68. The first-order valence-corrected chi connectivity index (χ1v) is 10.2. The lowest BCUT2D eigenvalue weighted by Crippen LogP contribution is -2.47. The molecule has 1 aliphatic heterocycles. The van der Waals surface area contributed by atoms with Crippen LogP contribution in [0.5, 0.6) is 0 Å². The second-order valence-corrected chi connectivity index (χ2v) is 8.28. The van der Waals surface area contributed by atoms with E-state index in [0.717, 1.165) is 43.5 Å². The summed E-state index contributed by atoms with van der Waals surface area (Å²) in [6.07, 6.45) is 8.94. The van der Waals surface area contributed by atoms with E-state index in [1.165, 1.54) is 44.7 Å². The summed E-state index contributed by atoms with van der Waals surface area (Å²) in [5.41, 5.74) is 1.18. The van der Waals surface area contributed by atoms with E-state index in [2.05, 4.69) is 20.5 Å². The number of rotatable bonds is 5. The zero-order valence-electron chi connectivity index (χ0n) is 15.8. The van der Waals surface area contributed by atoms with E-state index in [4.69, 9.17) is 0 Å². The minimum atomic E-state index is -0.144. The quantitative estimate of drug-likeness (QED) is 0.628. The van der Waals surface area contributed by atoms with E-state index in [1.807, 2.05) is 19.2 Å². The van der Waals surface area contributed by atoms with E-state index in [1.54, 1.807) is 6.07 Å². The molecule has 2 aliphatic carbocycles. The van der Waals surface area contributed by atoms with Gasteiger partial charge in [-0.05, 0) is 49.8 Å². The van der Waals surface area contributed by atoms with Crippen LogP contribution in [0.3, 0.4) is 0 Å². The first-order chi connectivity index (χ1) is 12.7. The number of hydrogen-bond acceptors (Lipinski definition) is 2. The van der Waals surface area contributed by atoms with Gasteiger partial charge in [0.2, 0.25) is 0 Å². The fraction of sp³-hybridized carbons (Fsp3) is 0.667. The lowest BCUT2D eigenvalue weighted by Gasteiger charge is -2.24. The summed E-state index contributed by atoms with van der Waals surface area (Å²) >= 11 is 0. The van der Waals surface area contributed by atoms with Gasteiger partial charge in [0, 0.05) is 44.2 Å². The van der Waals surface area contributed by atoms with Crippen LogP contribution in [0, 0.1) is 5.82 Å². The van der Waals surface area contributed by atoms with E-state index in [9.17, 15) is 4.39 Å². The zero-order chi connectivity index (χ0) is 18.0. The van der Waals surface area contributed by atoms with Gasteiger partial charge >= 0.3 is 0 Å². The summed E-state index contributed by atoms with van der Waals surface area (Å²) in [5, 5.41) is 7.10. The monoisotopic (exact) mass is 358 g/mol. The lowest BCUT2D eigenvalue weighted by atomic mass is 9.96. The molecular formula is C21H31FN4. The third-order valence-corrected chi connectivity index (χ3v) is 6.51. The van der Waals surface area contributed by atoms with Gasteiger partial charge in [-0.2, -0.15) is 0 Å². The van der Waals surface area contributed by atoms with Crippen LogP contribution in [0.1, 0.15) is 50.5 Å². The molecule has 26 heavy (non-hydrogen) atoms. The van der Waals surface area contributed by atoms with Crippen LogP contribution < -0.4 is 10.6 Å². The number of hydrogen-bond donors (Lipinski definition) is 2. The Hall–Kier alpha value is -1.62. The highest BCUT2D eigenvalue weighted by atomic mass is 19.1. The Kier molecular flexibility index (Phi) is 5.16. The summed E-state index contributed by atoms with van der Waals surface area (Å²) in [7, 11) is 1.83. The molecule has 3 fully saturated rings. The topological polar surface area (TPSA) is 39.7 Å². The summed E-state index contributed by atoms with van der Waals surface area (Å²) in [4.78, 5) is 7.08. The summed E-state index contributed by atoms with van der Waals surface area (Å²) < 4.78 is 13.6. The molecule has 2 saturated carbocycles. The number of nitrogens with zero attached hydrogens (tertiary/aromatic N) is 2. The van der Waals surface area contributed by atoms with Gasteiger partial charge in [0.1, 0.15) is 5.82 Å². The predicted octanol–water partition coefficient (Wildman–Crippen LogP) is 3.04. The number of aliphatic imine (C=N–C) groups is 1. The van der Waals surface area contributed by atoms with Gasteiger partial charge in [0.15, 0.2) is 5.96 Å². The van der Waals surface area contributed by atoms with Crippen molar-refractivity contribution in [3.63, 3.8) is 0 Å². The molecule has 0 aromatic heterocycles. The molecule has 1 saturated heterocycles. The normalized spacial score (nSPS) is 26.2. The Morgan fingerprint density at radius 3 is 2.77 bits per heavy atom. The second-order valence-electron chi connectivity index (χ2n) is 8.28. The standard InChI is InChI=1S/C21H31FN4/c1-23-20(25-18-9-12-26(14-18)19-7-2-3-8-19)24-15-21(10-11-21)16-5-4-6-17(22)13-16/h4-6,13,18-19H,2-3,7-12,14-15H2,1H3,(H2,23,24,25). The van der Waals surface area contributed by atoms with Gasteiger partial charge in [-0.1, -0.05) is 25.0 Å². The number of benzene rings is 1. The summed E-state index contributed by atoms with van der Waals surface area (Å²) in [6, 6.07) is 8.34. The molecule has 4 nitrogen and oxygen atoms in total. The van der Waals surface area contributed by atoms with E-state index in [0.29, 0.717) is 6.04 Å². The van der Waals surface area contributed by atoms with Crippen molar-refractivity contribution in [2.75, 3.05) is 26.7 Å². The SMILES string of the molecule is CN=C(NCC1(c2cccc(F)c2)CC1)NC1CCN(C2CCCC2)C1. The molecule has 1 aromatic carbocycles. The van der Waals surface area contributed by atoms with Crippen LogP contribution in [-0.2, 0) is 5.41 Å². The maximum atomic E-state index is 13.6. The minimum absolute atomic E-state index is 0.0747. The van der Waals surface area contributed by atoms with Crippen LogP contribution in [0.25, 0.3) is 0 Å². The number of halogens is 1. The lowest BCUT2D eigenvalue weighted by molar-refractivity contribution is 0.242. The van der Waals surface area contributed by atoms with Crippen molar-refractivity contribution in [2.24, 2.45) is 4.99 Å². The first kappa shape index (κ1) is 17.8. The molecule has 1 heterocycles. The molecular weight excluding hydrogens is 327 g/mol. The van der Waals surface area contributed by atoms with Crippen LogP contribution in [0.4, 0.5) is 4.39 Å². The zero-order valence-corrected chi connectivity index (χ0v) is 15.8. The Morgan fingerprint density at radius 1 is 1.27 bits per heavy atom. The Bertz CT molecular complexity index is 649. The van der Waals surface area contributed by atoms with Gasteiger partial charge in [-0.3, -0.25) is 9.89 Å². The van der Waals surface area contributed by atoms with Gasteiger partial charge in [0.05, 0.1) is 0 Å². The van der Waals surface area contributed by atoms with E-state index < -0.39 is 0 Å². The van der Waals surface area contributed by atoms with Crippen LogP contribution in [0.2, 0.25) is 0 Å². The molecule has 1 atom stereocenters. The first-order valence-electron chi connectivity index (χ1n) is 10.2. The van der Waals surface area contributed by atoms with Crippen molar-refractivity contribution in [3.8, 4) is 0 Å². The second kappa shape index (κ2) is 7.55. The maximum absolute atomic E-state index is 13.6. The molecule has 3 aliphatic rings. The molecule has 0 amide bonds. The smallest absolute Gasteiger partial charge is 0.191 e. The third kappa shape index (κ3) is 3.88. The van der Waals surface area contributed by atoms with Gasteiger partial charge < -0.3 is 10.6 Å². The van der Waals surface area contributed by atoms with Crippen molar-refractivity contribution in [1.82, 2.24) is 15.5 Å². The number of nitrogens with one attached hydrogen (secondary N) is 2. The van der Waals surface area contributed by atoms with Gasteiger partial charge in [-0.25, -0.2) is 4.39 Å². The van der Waals surface area contributed by atoms with Gasteiger partial charge in [-0.15, -0.1) is 0 Å². The Morgan fingerprint density at radius 2 is 2.08 bits per heavy atom. The van der Waals surface area contributed by atoms with E-state index >= 15 is 0 Å². The average molecular weight is 359 g/mol. The fourth-order valence-electron chi connectivity index (χ4n) is 4.68. The van der Waals surface area contributed by atoms with Crippen molar-refractivity contribution >= 4 is 5.96 Å². The molecule has 0 spiro atoms. The predicted molar refractivity (Wildman–Crippen MR) is 104 cm³/mol. The molecule has 4 rings (SSSR count). The number of guanidine groups is 1. The highest BCUT2D eigenvalue weighted by Crippen LogP contribution is 2.47. The van der Waals surface area contributed by atoms with Crippen LogP contribution in [-0.4, -0.2) is 49.6 Å². The third-order valence-electron chi connectivity index (χ3n) is 6.51. The summed E-state index contributed by atoms with van der Waals surface area (Å²) in [5.74, 6) is 0.736. The van der Waals surface area contributed by atoms with Crippen molar-refractivity contribution in [1.29, 1.82) is 0 Å². The molecule has 1 aromatic rings. The van der Waals surface area contributed by atoms with Crippen molar-refractivity contribution < 1.29 is 4.39 Å². The number of likely N-dealkylation sites (tertiary alicyclic amines) is 1. The average Bonchev–Trinajstić information content (AvgIpc) is 3.05. The Balaban J connectivity index is 1.29. The molecule has 0 bridgehead atoms. The van der Waals surface area contributed by atoms with Crippen molar-refractivity contribution in [2.45, 2.75) is 62.4 Å². The highest BCUT2D eigenvalue weighted by Gasteiger charge is 2.44. The molecule has 2 N–H and O–H groups in total. The highest BCUT2D eigenvalue weighted by molar-refractivity contribution is 5.80. The Labute approximate surface area is 156 Å². The largest absolute Gasteiger partial charge is 0.356 e. The molecule has 142 valence electrons. The van der Waals surface area contributed by atoms with Gasteiger partial charge in [0.25, 0.3) is 0 Å². The molecule has 5 heteroatoms. The minimum Gasteiger partial charge on any atom is -0.356 e. The van der Waals surface area contributed by atoms with Crippen LogP contribution in [0.15, 0.2) is 29.3 Å². The molecule has 0 radical (unpaired) electrons. The van der Waals surface area contributed by atoms with Crippen molar-refractivity contribution in [3.05, 3.63) is 35.6 Å².